The Bertz CT molecular complexity index is 994. The largest absolute Gasteiger partial charge is 0.481 e. The molecule has 3 rings (SSSR count). The summed E-state index contributed by atoms with van der Waals surface area (Å²) in [4.78, 5) is 10.8. The molecule has 8 heteroatoms. The summed E-state index contributed by atoms with van der Waals surface area (Å²) in [6.45, 7) is 0.692. The molecule has 1 unspecified atom stereocenters. The first-order valence-electron chi connectivity index (χ1n) is 9.65. The Morgan fingerprint density at radius 1 is 1.10 bits per heavy atom. The fourth-order valence-electron chi connectivity index (χ4n) is 3.65. The highest BCUT2D eigenvalue weighted by Crippen LogP contribution is 2.40. The van der Waals surface area contributed by atoms with E-state index in [1.165, 1.54) is 10.4 Å². The number of hydrogen-bond acceptors (Lipinski definition) is 4. The van der Waals surface area contributed by atoms with E-state index in [1.807, 2.05) is 18.2 Å². The number of hydrogen-bond donors (Lipinski definition) is 2. The number of para-hydroxylation sites is 1. The van der Waals surface area contributed by atoms with E-state index in [2.05, 4.69) is 5.32 Å². The molecule has 1 heterocycles. The number of anilines is 1. The third-order valence-corrected chi connectivity index (χ3v) is 7.24. The second kappa shape index (κ2) is 9.15. The summed E-state index contributed by atoms with van der Waals surface area (Å²) in [5.41, 5.74) is 2.21. The normalized spacial score (nSPS) is 17.3. The predicted octanol–water partition coefficient (Wildman–Crippen LogP) is 4.19. The topological polar surface area (TPSA) is 86.7 Å². The van der Waals surface area contributed by atoms with E-state index < -0.39 is 16.0 Å². The number of rotatable bonds is 8. The summed E-state index contributed by atoms with van der Waals surface area (Å²) < 4.78 is 27.7. The lowest BCUT2D eigenvalue weighted by atomic mass is 9.96. The molecule has 1 aliphatic heterocycles. The van der Waals surface area contributed by atoms with Crippen LogP contribution in [0.2, 0.25) is 5.02 Å². The van der Waals surface area contributed by atoms with Crippen LogP contribution >= 0.6 is 11.6 Å². The molecule has 0 saturated heterocycles. The molecule has 0 aliphatic carbocycles. The smallest absolute Gasteiger partial charge is 0.303 e. The zero-order valence-electron chi connectivity index (χ0n) is 16.3. The first-order chi connectivity index (χ1) is 13.8. The second-order valence-electron chi connectivity index (χ2n) is 7.16. The van der Waals surface area contributed by atoms with Crippen molar-refractivity contribution in [1.29, 1.82) is 0 Å². The van der Waals surface area contributed by atoms with Gasteiger partial charge in [-0.1, -0.05) is 48.7 Å². The van der Waals surface area contributed by atoms with Gasteiger partial charge in [-0.15, -0.1) is 0 Å². The molecule has 0 spiro atoms. The fraction of sp³-hybridized carbons (Fsp3) is 0.381. The number of halogens is 1. The molecule has 0 aromatic heterocycles. The van der Waals surface area contributed by atoms with E-state index in [-0.39, 0.29) is 17.4 Å². The molecular weight excluding hydrogens is 412 g/mol. The standard InChI is InChI=1S/C21H25ClN2O4S/c1-24-18-9-6-5-8-16(18)21(23-13-7-3-2-4-10-20(25)26)17-12-11-15(22)14-19(17)29(24,27)28/h5-6,8-9,11-12,14,21,23H,2-4,7,10,13H2,1H3,(H,25,26). The SMILES string of the molecule is CN1c2ccccc2C(NCCCCCCC(=O)O)c2ccc(Cl)cc2S1(=O)=O. The number of nitrogens with zero attached hydrogens (tertiary/aromatic N) is 1. The van der Waals surface area contributed by atoms with Crippen molar-refractivity contribution in [2.75, 3.05) is 17.9 Å². The third-order valence-electron chi connectivity index (χ3n) is 5.18. The van der Waals surface area contributed by atoms with Gasteiger partial charge in [0, 0.05) is 18.5 Å². The maximum atomic E-state index is 13.2. The molecule has 0 fully saturated rings. The van der Waals surface area contributed by atoms with Crippen LogP contribution in [0.1, 0.15) is 49.3 Å². The number of benzene rings is 2. The maximum Gasteiger partial charge on any atom is 0.303 e. The first-order valence-corrected chi connectivity index (χ1v) is 11.5. The molecule has 1 aliphatic rings. The summed E-state index contributed by atoms with van der Waals surface area (Å²) >= 11 is 6.12. The molecule has 0 saturated carbocycles. The van der Waals surface area contributed by atoms with Gasteiger partial charge >= 0.3 is 5.97 Å². The van der Waals surface area contributed by atoms with Gasteiger partial charge in [0.15, 0.2) is 0 Å². The number of carboxylic acid groups (broad SMARTS) is 1. The van der Waals surface area contributed by atoms with Gasteiger partial charge in [0.2, 0.25) is 0 Å². The lowest BCUT2D eigenvalue weighted by Crippen LogP contribution is -2.26. The number of nitrogens with one attached hydrogen (secondary N) is 1. The average Bonchev–Trinajstić information content (AvgIpc) is 2.75. The average molecular weight is 437 g/mol. The molecule has 2 aromatic carbocycles. The predicted molar refractivity (Wildman–Crippen MR) is 114 cm³/mol. The molecule has 2 N–H and O–H groups in total. The van der Waals surface area contributed by atoms with Crippen LogP contribution in [0.3, 0.4) is 0 Å². The van der Waals surface area contributed by atoms with Crippen molar-refractivity contribution in [2.24, 2.45) is 0 Å². The number of sulfonamides is 1. The molecule has 156 valence electrons. The van der Waals surface area contributed by atoms with Gasteiger partial charge in [0.05, 0.1) is 16.6 Å². The Morgan fingerprint density at radius 2 is 1.83 bits per heavy atom. The number of carboxylic acids is 1. The van der Waals surface area contributed by atoms with Crippen LogP contribution in [-0.2, 0) is 14.8 Å². The van der Waals surface area contributed by atoms with E-state index in [0.29, 0.717) is 29.2 Å². The summed E-state index contributed by atoms with van der Waals surface area (Å²) in [7, 11) is -2.16. The van der Waals surface area contributed by atoms with Gasteiger partial charge in [-0.25, -0.2) is 8.42 Å². The summed E-state index contributed by atoms with van der Waals surface area (Å²) in [6, 6.07) is 12.2. The lowest BCUT2D eigenvalue weighted by Gasteiger charge is -2.22. The van der Waals surface area contributed by atoms with E-state index in [4.69, 9.17) is 16.7 Å². The fourth-order valence-corrected chi connectivity index (χ4v) is 5.37. The Kier molecular flexibility index (Phi) is 6.82. The molecule has 0 bridgehead atoms. The minimum Gasteiger partial charge on any atom is -0.481 e. The van der Waals surface area contributed by atoms with Crippen LogP contribution in [0.5, 0.6) is 0 Å². The van der Waals surface area contributed by atoms with Crippen molar-refractivity contribution in [3.8, 4) is 0 Å². The van der Waals surface area contributed by atoms with Crippen LogP contribution in [0.4, 0.5) is 5.69 Å². The van der Waals surface area contributed by atoms with Crippen LogP contribution in [0.15, 0.2) is 47.4 Å². The highest BCUT2D eigenvalue weighted by molar-refractivity contribution is 7.92. The summed E-state index contributed by atoms with van der Waals surface area (Å²) in [5.74, 6) is -0.765. The van der Waals surface area contributed by atoms with Gasteiger partial charge in [0.25, 0.3) is 10.0 Å². The number of unbranched alkanes of at least 4 members (excludes halogenated alkanes) is 3. The quantitative estimate of drug-likeness (QED) is 0.606. The highest BCUT2D eigenvalue weighted by Gasteiger charge is 2.34. The van der Waals surface area contributed by atoms with E-state index in [0.717, 1.165) is 24.8 Å². The Balaban J connectivity index is 1.85. The van der Waals surface area contributed by atoms with Crippen LogP contribution < -0.4 is 9.62 Å². The Hall–Kier alpha value is -2.09. The van der Waals surface area contributed by atoms with Crippen LogP contribution in [0, 0.1) is 0 Å². The molecule has 0 amide bonds. The minimum atomic E-state index is -3.72. The number of aliphatic carboxylic acids is 1. The first kappa shape index (κ1) is 21.6. The molecule has 6 nitrogen and oxygen atoms in total. The molecule has 29 heavy (non-hydrogen) atoms. The maximum absolute atomic E-state index is 13.2. The second-order valence-corrected chi connectivity index (χ2v) is 9.53. The lowest BCUT2D eigenvalue weighted by molar-refractivity contribution is -0.137. The van der Waals surface area contributed by atoms with E-state index >= 15 is 0 Å². The van der Waals surface area contributed by atoms with Crippen molar-refractivity contribution in [2.45, 2.75) is 43.0 Å². The Morgan fingerprint density at radius 3 is 2.59 bits per heavy atom. The van der Waals surface area contributed by atoms with Crippen molar-refractivity contribution < 1.29 is 18.3 Å². The zero-order chi connectivity index (χ0) is 21.0. The highest BCUT2D eigenvalue weighted by atomic mass is 35.5. The monoisotopic (exact) mass is 436 g/mol. The van der Waals surface area contributed by atoms with Crippen molar-refractivity contribution in [3.05, 3.63) is 58.6 Å². The number of fused-ring (bicyclic) bond motifs is 2. The molecule has 1 atom stereocenters. The minimum absolute atomic E-state index is 0.196. The summed E-state index contributed by atoms with van der Waals surface area (Å²) in [6.07, 6.45) is 3.52. The summed E-state index contributed by atoms with van der Waals surface area (Å²) in [5, 5.41) is 12.6. The van der Waals surface area contributed by atoms with Gasteiger partial charge in [-0.2, -0.15) is 0 Å². The van der Waals surface area contributed by atoms with E-state index in [9.17, 15) is 13.2 Å². The van der Waals surface area contributed by atoms with Crippen molar-refractivity contribution in [1.82, 2.24) is 5.32 Å². The van der Waals surface area contributed by atoms with Crippen molar-refractivity contribution >= 4 is 33.3 Å². The molecule has 2 aromatic rings. The number of carbonyl (C=O) groups is 1. The van der Waals surface area contributed by atoms with Crippen LogP contribution in [-0.4, -0.2) is 33.1 Å². The van der Waals surface area contributed by atoms with Gasteiger partial charge < -0.3 is 10.4 Å². The molecular formula is C21H25ClN2O4S. The Labute approximate surface area is 176 Å². The van der Waals surface area contributed by atoms with Gasteiger partial charge in [0.1, 0.15) is 0 Å². The van der Waals surface area contributed by atoms with Crippen molar-refractivity contribution in [3.63, 3.8) is 0 Å². The molecule has 0 radical (unpaired) electrons. The zero-order valence-corrected chi connectivity index (χ0v) is 17.8. The van der Waals surface area contributed by atoms with Crippen LogP contribution in [0.25, 0.3) is 0 Å². The van der Waals surface area contributed by atoms with Gasteiger partial charge in [-0.05, 0) is 48.7 Å². The third kappa shape index (κ3) is 4.74. The van der Waals surface area contributed by atoms with Gasteiger partial charge in [-0.3, -0.25) is 9.10 Å². The van der Waals surface area contributed by atoms with E-state index in [1.54, 1.807) is 25.2 Å².